The largest absolute Gasteiger partial charge is 0.392 e. The van der Waals surface area contributed by atoms with E-state index in [1.807, 2.05) is 11.8 Å². The molecule has 2 aromatic rings. The number of rotatable bonds is 3. The van der Waals surface area contributed by atoms with Crippen LogP contribution in [0.2, 0.25) is 0 Å². The minimum Gasteiger partial charge on any atom is -0.392 e. The topological polar surface area (TPSA) is 56.7 Å². The Morgan fingerprint density at radius 1 is 1.24 bits per heavy atom. The molecule has 184 valence electrons. The molecule has 1 saturated heterocycles. The maximum absolute atomic E-state index is 13.4. The van der Waals surface area contributed by atoms with Gasteiger partial charge in [0.1, 0.15) is 10.8 Å². The second kappa shape index (κ2) is 8.99. The van der Waals surface area contributed by atoms with Gasteiger partial charge in [0.2, 0.25) is 5.91 Å². The molecule has 7 heteroatoms. The summed E-state index contributed by atoms with van der Waals surface area (Å²) >= 11 is 1.70. The summed E-state index contributed by atoms with van der Waals surface area (Å²) in [4.78, 5) is 23.8. The third-order valence-corrected chi connectivity index (χ3v) is 9.98. The smallest absolute Gasteiger partial charge is 0.225 e. The molecule has 6 unspecified atom stereocenters. The number of aliphatic hydroxyl groups is 1. The number of piperazine rings is 1. The third-order valence-electron chi connectivity index (χ3n) is 8.86. The van der Waals surface area contributed by atoms with Crippen LogP contribution in [0.15, 0.2) is 24.3 Å². The summed E-state index contributed by atoms with van der Waals surface area (Å²) in [5.41, 5.74) is 2.00. The highest BCUT2D eigenvalue weighted by molar-refractivity contribution is 7.15. The second-order valence-corrected chi connectivity index (χ2v) is 12.2. The highest BCUT2D eigenvalue weighted by Crippen LogP contribution is 2.57. The molecule has 2 fully saturated rings. The number of benzene rings is 1. The van der Waals surface area contributed by atoms with Crippen molar-refractivity contribution in [3.63, 3.8) is 0 Å². The van der Waals surface area contributed by atoms with E-state index >= 15 is 0 Å². The molecule has 6 atom stereocenters. The number of likely N-dealkylation sites (N-methyl/N-ethyl adjacent to an activating group) is 1. The lowest BCUT2D eigenvalue weighted by atomic mass is 9.53. The Balaban J connectivity index is 1.37. The van der Waals surface area contributed by atoms with Crippen molar-refractivity contribution in [1.82, 2.24) is 14.8 Å². The van der Waals surface area contributed by atoms with Crippen LogP contribution < -0.4 is 0 Å². The molecule has 3 aliphatic rings. The van der Waals surface area contributed by atoms with Gasteiger partial charge in [-0.15, -0.1) is 11.3 Å². The predicted molar refractivity (Wildman–Crippen MR) is 133 cm³/mol. The fraction of sp³-hybridized carbons (Fsp3) is 0.630. The Morgan fingerprint density at radius 3 is 2.59 bits per heavy atom. The number of hydrogen-bond donors (Lipinski definition) is 1. The van der Waals surface area contributed by atoms with Crippen LogP contribution in [0.1, 0.15) is 50.1 Å². The van der Waals surface area contributed by atoms with E-state index in [1.54, 1.807) is 23.5 Å². The maximum atomic E-state index is 13.4. The molecule has 2 aliphatic carbocycles. The van der Waals surface area contributed by atoms with Crippen LogP contribution >= 0.6 is 11.3 Å². The van der Waals surface area contributed by atoms with Gasteiger partial charge in [0.15, 0.2) is 0 Å². The lowest BCUT2D eigenvalue weighted by molar-refractivity contribution is -0.146. The van der Waals surface area contributed by atoms with Gasteiger partial charge in [0.05, 0.1) is 11.8 Å². The molecular formula is C27H36FN3O2S. The van der Waals surface area contributed by atoms with Gasteiger partial charge >= 0.3 is 0 Å². The number of carbonyl (C=O) groups is 1. The van der Waals surface area contributed by atoms with E-state index in [-0.39, 0.29) is 40.8 Å². The first-order valence-corrected chi connectivity index (χ1v) is 13.4. The Labute approximate surface area is 206 Å². The summed E-state index contributed by atoms with van der Waals surface area (Å²) in [6.45, 7) is 9.88. The molecule has 1 aliphatic heterocycles. The van der Waals surface area contributed by atoms with Gasteiger partial charge in [0.25, 0.3) is 0 Å². The standard InChI is InChI=1S/C27H36FN3O2S/c1-16(26(33)31-13-11-30(4)12-14-31)20-9-10-27(3)15-21-23(17(2)22(27)24(20)32)29-25(34-21)18-5-7-19(28)8-6-18/h5-8,16-17,20,22,24,32H,9-15H2,1-4H3. The van der Waals surface area contributed by atoms with Crippen LogP contribution in [0.5, 0.6) is 0 Å². The molecule has 1 N–H and O–H groups in total. The van der Waals surface area contributed by atoms with E-state index in [9.17, 15) is 14.3 Å². The summed E-state index contributed by atoms with van der Waals surface area (Å²) in [7, 11) is 2.09. The lowest BCUT2D eigenvalue weighted by Gasteiger charge is -2.53. The number of halogens is 1. The van der Waals surface area contributed by atoms with Crippen LogP contribution in [0, 0.1) is 29.0 Å². The van der Waals surface area contributed by atoms with Crippen LogP contribution in [-0.2, 0) is 11.2 Å². The van der Waals surface area contributed by atoms with Crippen molar-refractivity contribution in [2.24, 2.45) is 23.2 Å². The van der Waals surface area contributed by atoms with Gasteiger partial charge in [-0.05, 0) is 67.8 Å². The first kappa shape index (κ1) is 23.9. The zero-order chi connectivity index (χ0) is 24.2. The van der Waals surface area contributed by atoms with E-state index < -0.39 is 6.10 Å². The van der Waals surface area contributed by atoms with Crippen LogP contribution in [-0.4, -0.2) is 65.1 Å². The van der Waals surface area contributed by atoms with Crippen molar-refractivity contribution >= 4 is 17.2 Å². The Morgan fingerprint density at radius 2 is 1.91 bits per heavy atom. The summed E-state index contributed by atoms with van der Waals surface area (Å²) in [5, 5.41) is 12.6. The molecule has 34 heavy (non-hydrogen) atoms. The van der Waals surface area contributed by atoms with E-state index in [1.165, 1.54) is 17.0 Å². The summed E-state index contributed by atoms with van der Waals surface area (Å²) in [6.07, 6.45) is 2.26. The fourth-order valence-corrected chi connectivity index (χ4v) is 8.13. The number of fused-ring (bicyclic) bond motifs is 2. The van der Waals surface area contributed by atoms with Gasteiger partial charge in [-0.25, -0.2) is 9.37 Å². The average Bonchev–Trinajstić information content (AvgIpc) is 3.23. The van der Waals surface area contributed by atoms with E-state index in [4.69, 9.17) is 4.98 Å². The predicted octanol–water partition coefficient (Wildman–Crippen LogP) is 4.41. The van der Waals surface area contributed by atoms with Gasteiger partial charge < -0.3 is 14.9 Å². The second-order valence-electron chi connectivity index (χ2n) is 11.1. The van der Waals surface area contributed by atoms with Gasteiger partial charge in [-0.1, -0.05) is 20.8 Å². The molecular weight excluding hydrogens is 449 g/mol. The number of amides is 1. The van der Waals surface area contributed by atoms with Crippen molar-refractivity contribution < 1.29 is 14.3 Å². The molecule has 1 aromatic heterocycles. The van der Waals surface area contributed by atoms with Crippen molar-refractivity contribution in [3.05, 3.63) is 40.7 Å². The van der Waals surface area contributed by atoms with Crippen LogP contribution in [0.25, 0.3) is 10.6 Å². The molecule has 5 nitrogen and oxygen atoms in total. The monoisotopic (exact) mass is 485 g/mol. The number of thiazole rings is 1. The number of nitrogens with zero attached hydrogens (tertiary/aromatic N) is 3. The molecule has 1 amide bonds. The van der Waals surface area contributed by atoms with Crippen LogP contribution in [0.4, 0.5) is 4.39 Å². The highest BCUT2D eigenvalue weighted by Gasteiger charge is 2.54. The first-order valence-electron chi connectivity index (χ1n) is 12.6. The van der Waals surface area contributed by atoms with E-state index in [0.717, 1.165) is 61.7 Å². The number of aromatic nitrogens is 1. The summed E-state index contributed by atoms with van der Waals surface area (Å²) in [6, 6.07) is 6.53. The molecule has 0 spiro atoms. The number of carbonyl (C=O) groups excluding carboxylic acids is 1. The fourth-order valence-electron chi connectivity index (χ4n) is 6.76. The molecule has 2 heterocycles. The first-order chi connectivity index (χ1) is 16.2. The SMILES string of the molecule is CC(C(=O)N1CCN(C)CC1)C1CCC2(C)Cc3sc(-c4ccc(F)cc4)nc3C(C)C2C1O. The maximum Gasteiger partial charge on any atom is 0.225 e. The molecule has 1 aromatic carbocycles. The van der Waals surface area contributed by atoms with Crippen molar-refractivity contribution in [2.75, 3.05) is 33.2 Å². The minimum atomic E-state index is -0.524. The van der Waals surface area contributed by atoms with Crippen molar-refractivity contribution in [1.29, 1.82) is 0 Å². The van der Waals surface area contributed by atoms with E-state index in [2.05, 4.69) is 25.8 Å². The number of aliphatic hydroxyl groups excluding tert-OH is 1. The summed E-state index contributed by atoms with van der Waals surface area (Å²) < 4.78 is 13.4. The van der Waals surface area contributed by atoms with Crippen molar-refractivity contribution in [2.45, 2.75) is 52.1 Å². The van der Waals surface area contributed by atoms with Crippen molar-refractivity contribution in [3.8, 4) is 10.6 Å². The Kier molecular flexibility index (Phi) is 6.32. The molecule has 0 bridgehead atoms. The molecule has 1 saturated carbocycles. The molecule has 0 radical (unpaired) electrons. The van der Waals surface area contributed by atoms with E-state index in [0.29, 0.717) is 0 Å². The Hall–Kier alpha value is -1.83. The van der Waals surface area contributed by atoms with Gasteiger partial charge in [-0.2, -0.15) is 0 Å². The average molecular weight is 486 g/mol. The normalized spacial score (nSPS) is 32.7. The summed E-state index contributed by atoms with van der Waals surface area (Å²) in [5.74, 6) is -0.0673. The van der Waals surface area contributed by atoms with Crippen LogP contribution in [0.3, 0.4) is 0 Å². The Bertz CT molecular complexity index is 1050. The molecule has 5 rings (SSSR count). The third kappa shape index (κ3) is 4.10. The lowest BCUT2D eigenvalue weighted by Crippen LogP contribution is -2.55. The zero-order valence-corrected chi connectivity index (χ0v) is 21.4. The van der Waals surface area contributed by atoms with Gasteiger partial charge in [0, 0.05) is 48.5 Å². The highest BCUT2D eigenvalue weighted by atomic mass is 32.1. The quantitative estimate of drug-likeness (QED) is 0.700. The number of hydrogen-bond acceptors (Lipinski definition) is 5. The zero-order valence-electron chi connectivity index (χ0n) is 20.6. The van der Waals surface area contributed by atoms with Gasteiger partial charge in [-0.3, -0.25) is 4.79 Å². The minimum absolute atomic E-state index is 0.00840.